The van der Waals surface area contributed by atoms with Crippen LogP contribution in [0, 0.1) is 6.92 Å². The molecule has 0 saturated carbocycles. The van der Waals surface area contributed by atoms with Crippen molar-refractivity contribution >= 4 is 53.6 Å². The highest BCUT2D eigenvalue weighted by molar-refractivity contribution is 7.26. The van der Waals surface area contributed by atoms with Crippen LogP contribution in [-0.4, -0.2) is 24.9 Å². The molecule has 240 valence electrons. The summed E-state index contributed by atoms with van der Waals surface area (Å²) in [7, 11) is 0. The third kappa shape index (κ3) is 4.97. The number of benzene rings is 6. The van der Waals surface area contributed by atoms with Gasteiger partial charge in [0, 0.05) is 43.1 Å². The Labute approximate surface area is 296 Å². The molecule has 0 unspecified atom stereocenters. The van der Waals surface area contributed by atoms with E-state index in [0.717, 1.165) is 65.5 Å². The second-order valence-electron chi connectivity index (χ2n) is 12.5. The summed E-state index contributed by atoms with van der Waals surface area (Å²) in [5, 5.41) is 2.99. The van der Waals surface area contributed by atoms with E-state index in [1.807, 2.05) is 84.9 Å². The molecule has 0 saturated heterocycles. The highest BCUT2D eigenvalue weighted by Crippen LogP contribution is 2.43. The van der Waals surface area contributed by atoms with E-state index in [0.29, 0.717) is 28.9 Å². The molecule has 0 aliphatic heterocycles. The molecule has 10 aromatic rings. The van der Waals surface area contributed by atoms with Crippen molar-refractivity contribution in [3.63, 3.8) is 0 Å². The van der Waals surface area contributed by atoms with Gasteiger partial charge in [-0.2, -0.15) is 0 Å². The Morgan fingerprint density at radius 1 is 0.471 bits per heavy atom. The Morgan fingerprint density at radius 3 is 1.82 bits per heavy atom. The molecule has 0 amide bonds. The second kappa shape index (κ2) is 11.8. The van der Waals surface area contributed by atoms with Gasteiger partial charge >= 0.3 is 0 Å². The third-order valence-corrected chi connectivity index (χ3v) is 10.4. The quantitative estimate of drug-likeness (QED) is 0.181. The number of hydrogen-bond acceptors (Lipinski definition) is 7. The maximum absolute atomic E-state index is 6.72. The zero-order valence-electron chi connectivity index (χ0n) is 27.4. The maximum atomic E-state index is 6.72. The first-order valence-corrected chi connectivity index (χ1v) is 17.6. The van der Waals surface area contributed by atoms with Gasteiger partial charge in [0.2, 0.25) is 0 Å². The van der Waals surface area contributed by atoms with Gasteiger partial charge in [-0.25, -0.2) is 24.9 Å². The van der Waals surface area contributed by atoms with Crippen molar-refractivity contribution in [1.29, 1.82) is 0 Å². The van der Waals surface area contributed by atoms with Crippen molar-refractivity contribution in [2.75, 3.05) is 0 Å². The van der Waals surface area contributed by atoms with E-state index in [-0.39, 0.29) is 0 Å². The molecule has 0 atom stereocenters. The van der Waals surface area contributed by atoms with Crippen LogP contribution in [0.1, 0.15) is 5.56 Å². The Kier molecular flexibility index (Phi) is 6.79. The molecule has 7 heteroatoms. The average molecular weight is 674 g/mol. The highest BCUT2D eigenvalue weighted by Gasteiger charge is 2.22. The lowest BCUT2D eigenvalue weighted by Crippen LogP contribution is -2.00. The van der Waals surface area contributed by atoms with Crippen molar-refractivity contribution < 1.29 is 4.42 Å². The van der Waals surface area contributed by atoms with Crippen molar-refractivity contribution in [1.82, 2.24) is 24.9 Å². The fourth-order valence-electron chi connectivity index (χ4n) is 6.76. The van der Waals surface area contributed by atoms with E-state index in [1.54, 1.807) is 11.3 Å². The van der Waals surface area contributed by atoms with Crippen LogP contribution in [0.3, 0.4) is 0 Å². The van der Waals surface area contributed by atoms with Crippen molar-refractivity contribution in [3.05, 3.63) is 151 Å². The first-order chi connectivity index (χ1) is 25.2. The lowest BCUT2D eigenvalue weighted by Gasteiger charge is -2.09. The van der Waals surface area contributed by atoms with Gasteiger partial charge in [0.1, 0.15) is 11.2 Å². The minimum Gasteiger partial charge on any atom is -0.455 e. The van der Waals surface area contributed by atoms with Gasteiger partial charge in [-0.3, -0.25) is 0 Å². The molecule has 0 aliphatic rings. The number of aryl methyl sites for hydroxylation is 1. The third-order valence-electron chi connectivity index (χ3n) is 9.25. The number of furan rings is 1. The predicted molar refractivity (Wildman–Crippen MR) is 208 cm³/mol. The standard InChI is InChI=1S/C44H27N5OS/c1-26-22-24-27(25-23-26)37-40-38(30-16-8-9-21-35(30)51-40)46-44(45-37)33-19-10-17-31-36-32(18-11-20-34(36)50-39(31)33)43-48-41(28-12-4-2-5-13-28)47-42(49-43)29-14-6-3-7-15-29/h2-25H,1H3. The van der Waals surface area contributed by atoms with Gasteiger partial charge in [-0.05, 0) is 25.1 Å². The number of hydrogen-bond donors (Lipinski definition) is 0. The number of aromatic nitrogens is 5. The summed E-state index contributed by atoms with van der Waals surface area (Å²) in [5.41, 5.74) is 9.09. The van der Waals surface area contributed by atoms with Gasteiger partial charge in [0.15, 0.2) is 23.3 Å². The van der Waals surface area contributed by atoms with E-state index in [4.69, 9.17) is 29.3 Å². The van der Waals surface area contributed by atoms with Crippen LogP contribution < -0.4 is 0 Å². The topological polar surface area (TPSA) is 77.6 Å². The van der Waals surface area contributed by atoms with Gasteiger partial charge in [-0.1, -0.05) is 133 Å². The molecule has 6 aromatic carbocycles. The summed E-state index contributed by atoms with van der Waals surface area (Å²) in [6.07, 6.45) is 0. The van der Waals surface area contributed by atoms with E-state index in [1.165, 1.54) is 10.3 Å². The summed E-state index contributed by atoms with van der Waals surface area (Å²) in [5.74, 6) is 2.41. The Balaban J connectivity index is 1.21. The maximum Gasteiger partial charge on any atom is 0.164 e. The molecule has 0 spiro atoms. The Bertz CT molecular complexity index is 2860. The molecule has 0 fully saturated rings. The van der Waals surface area contributed by atoms with Gasteiger partial charge in [0.05, 0.1) is 21.5 Å². The molecule has 51 heavy (non-hydrogen) atoms. The minimum absolute atomic E-state index is 0.575. The van der Waals surface area contributed by atoms with E-state index < -0.39 is 0 Å². The molecule has 0 radical (unpaired) electrons. The summed E-state index contributed by atoms with van der Waals surface area (Å²) in [6, 6.07) is 49.2. The van der Waals surface area contributed by atoms with Crippen LogP contribution in [0.15, 0.2) is 150 Å². The van der Waals surface area contributed by atoms with Gasteiger partial charge < -0.3 is 4.42 Å². The van der Waals surface area contributed by atoms with Gasteiger partial charge in [-0.15, -0.1) is 11.3 Å². The van der Waals surface area contributed by atoms with Crippen molar-refractivity contribution in [2.45, 2.75) is 6.92 Å². The summed E-state index contributed by atoms with van der Waals surface area (Å²) in [6.45, 7) is 2.10. The molecular weight excluding hydrogens is 647 g/mol. The van der Waals surface area contributed by atoms with Crippen molar-refractivity contribution in [2.24, 2.45) is 0 Å². The normalized spacial score (nSPS) is 11.6. The molecule has 0 bridgehead atoms. The molecule has 6 nitrogen and oxygen atoms in total. The average Bonchev–Trinajstić information content (AvgIpc) is 3.77. The zero-order valence-corrected chi connectivity index (χ0v) is 28.2. The van der Waals surface area contributed by atoms with Crippen LogP contribution in [0.4, 0.5) is 0 Å². The summed E-state index contributed by atoms with van der Waals surface area (Å²) < 4.78 is 8.98. The second-order valence-corrected chi connectivity index (χ2v) is 13.6. The predicted octanol–water partition coefficient (Wildman–Crippen LogP) is 11.6. The lowest BCUT2D eigenvalue weighted by molar-refractivity contribution is 0.669. The smallest absolute Gasteiger partial charge is 0.164 e. The number of para-hydroxylation sites is 1. The first-order valence-electron chi connectivity index (χ1n) is 16.8. The largest absolute Gasteiger partial charge is 0.455 e. The van der Waals surface area contributed by atoms with Crippen molar-refractivity contribution in [3.8, 4) is 56.8 Å². The Hall–Kier alpha value is -6.57. The van der Waals surface area contributed by atoms with Crippen LogP contribution >= 0.6 is 11.3 Å². The highest BCUT2D eigenvalue weighted by atomic mass is 32.1. The lowest BCUT2D eigenvalue weighted by atomic mass is 10.0. The van der Waals surface area contributed by atoms with E-state index >= 15 is 0 Å². The number of rotatable bonds is 5. The fourth-order valence-corrected chi connectivity index (χ4v) is 7.91. The van der Waals surface area contributed by atoms with Crippen LogP contribution in [-0.2, 0) is 0 Å². The number of thiophene rings is 1. The van der Waals surface area contributed by atoms with Gasteiger partial charge in [0.25, 0.3) is 0 Å². The number of fused-ring (bicyclic) bond motifs is 6. The first kappa shape index (κ1) is 29.4. The fraction of sp³-hybridized carbons (Fsp3) is 0.0227. The van der Waals surface area contributed by atoms with Crippen LogP contribution in [0.5, 0.6) is 0 Å². The monoisotopic (exact) mass is 673 g/mol. The minimum atomic E-state index is 0.575. The molecule has 0 N–H and O–H groups in total. The molecule has 4 heterocycles. The van der Waals surface area contributed by atoms with E-state index in [9.17, 15) is 0 Å². The molecule has 10 rings (SSSR count). The Morgan fingerprint density at radius 2 is 1.08 bits per heavy atom. The van der Waals surface area contributed by atoms with Crippen LogP contribution in [0.2, 0.25) is 0 Å². The SMILES string of the molecule is Cc1ccc(-c2nc(-c3cccc4c3oc3cccc(-c5nc(-c6ccccc6)nc(-c6ccccc6)n5)c34)nc3c2sc2ccccc23)cc1. The van der Waals surface area contributed by atoms with E-state index in [2.05, 4.69) is 67.6 Å². The molecule has 0 aliphatic carbocycles. The molecule has 4 aromatic heterocycles. The zero-order chi connectivity index (χ0) is 33.9. The molecular formula is C44H27N5OS. The summed E-state index contributed by atoms with van der Waals surface area (Å²) in [4.78, 5) is 25.5. The van der Waals surface area contributed by atoms with Crippen LogP contribution in [0.25, 0.3) is 99.1 Å². The number of nitrogens with zero attached hydrogens (tertiary/aromatic N) is 5. The summed E-state index contributed by atoms with van der Waals surface area (Å²) >= 11 is 1.73.